The Morgan fingerprint density at radius 1 is 1.11 bits per heavy atom. The molecule has 1 heterocycles. The molecule has 0 bridgehead atoms. The fourth-order valence-corrected chi connectivity index (χ4v) is 1.80. The van der Waals surface area contributed by atoms with Gasteiger partial charge in [-0.05, 0) is 13.5 Å². The van der Waals surface area contributed by atoms with Gasteiger partial charge in [-0.15, -0.1) is 0 Å². The smallest absolute Gasteiger partial charge is 0.243 e. The molecule has 0 aromatic rings. The zero-order chi connectivity index (χ0) is 13.2. The molecule has 1 aliphatic heterocycles. The van der Waals surface area contributed by atoms with E-state index in [1.165, 1.54) is 0 Å². The summed E-state index contributed by atoms with van der Waals surface area (Å²) in [7, 11) is 2.15. The van der Waals surface area contributed by atoms with Crippen LogP contribution in [0.25, 0.3) is 0 Å². The number of piperazine rings is 1. The average molecular weight is 259 g/mol. The fourth-order valence-electron chi connectivity index (χ4n) is 1.80. The Kier molecular flexibility index (Phi) is 7.91. The van der Waals surface area contributed by atoms with Crippen LogP contribution in [0.15, 0.2) is 0 Å². The Morgan fingerprint density at radius 3 is 2.44 bits per heavy atom. The zero-order valence-corrected chi connectivity index (χ0v) is 11.3. The summed E-state index contributed by atoms with van der Waals surface area (Å²) in [5.41, 5.74) is 4.94. The predicted octanol–water partition coefficient (Wildman–Crippen LogP) is -0.858. The number of hydrogen-bond acceptors (Lipinski definition) is 5. The summed E-state index contributed by atoms with van der Waals surface area (Å²) in [4.78, 5) is 15.2. The van der Waals surface area contributed by atoms with Crippen molar-refractivity contribution in [2.45, 2.75) is 6.42 Å². The molecule has 6 nitrogen and oxygen atoms in total. The average Bonchev–Trinajstić information content (AvgIpc) is 2.34. The van der Waals surface area contributed by atoms with E-state index in [1.54, 1.807) is 0 Å². The highest BCUT2D eigenvalue weighted by atomic mass is 16.5. The molecule has 6 heteroatoms. The number of nitrogens with two attached hydrogens (primary N) is 1. The molecular weight excluding hydrogens is 234 g/mol. The summed E-state index contributed by atoms with van der Waals surface area (Å²) in [6.07, 6.45) is 0.802. The van der Waals surface area contributed by atoms with Gasteiger partial charge >= 0.3 is 0 Å². The first kappa shape index (κ1) is 15.4. The summed E-state index contributed by atoms with van der Waals surface area (Å²) in [5, 5.41) is 0. The molecule has 0 spiro atoms. The van der Waals surface area contributed by atoms with Crippen molar-refractivity contribution in [3.8, 4) is 0 Å². The molecule has 1 aliphatic rings. The third kappa shape index (κ3) is 7.60. The number of nitrogens with zero attached hydrogens (tertiary/aromatic N) is 2. The molecule has 0 aromatic carbocycles. The Morgan fingerprint density at radius 2 is 1.78 bits per heavy atom. The van der Waals surface area contributed by atoms with E-state index >= 15 is 0 Å². The van der Waals surface area contributed by atoms with Gasteiger partial charge in [-0.3, -0.25) is 9.69 Å². The normalized spacial score (nSPS) is 18.1. The van der Waals surface area contributed by atoms with Gasteiger partial charge in [-0.1, -0.05) is 0 Å². The molecule has 0 atom stereocenters. The van der Waals surface area contributed by atoms with Crippen LogP contribution in [0, 0.1) is 0 Å². The first-order chi connectivity index (χ1) is 8.68. The number of primary amides is 1. The second-order valence-corrected chi connectivity index (χ2v) is 4.63. The van der Waals surface area contributed by atoms with E-state index in [4.69, 9.17) is 15.2 Å². The van der Waals surface area contributed by atoms with Gasteiger partial charge in [0.15, 0.2) is 0 Å². The molecule has 0 radical (unpaired) electrons. The van der Waals surface area contributed by atoms with Crippen molar-refractivity contribution in [3.63, 3.8) is 0 Å². The largest absolute Gasteiger partial charge is 0.380 e. The molecule has 1 saturated heterocycles. The fraction of sp³-hybridized carbons (Fsp3) is 0.917. The van der Waals surface area contributed by atoms with Crippen LogP contribution in [0.3, 0.4) is 0 Å². The summed E-state index contributed by atoms with van der Waals surface area (Å²) >= 11 is 0. The van der Waals surface area contributed by atoms with E-state index in [9.17, 15) is 4.79 Å². The maximum absolute atomic E-state index is 10.4. The maximum atomic E-state index is 10.4. The monoisotopic (exact) mass is 259 g/mol. The van der Waals surface area contributed by atoms with Crippen molar-refractivity contribution in [2.24, 2.45) is 5.73 Å². The number of carbonyl (C=O) groups is 1. The van der Waals surface area contributed by atoms with Crippen LogP contribution in [0.2, 0.25) is 0 Å². The van der Waals surface area contributed by atoms with Crippen LogP contribution in [0.4, 0.5) is 0 Å². The van der Waals surface area contributed by atoms with E-state index < -0.39 is 5.91 Å². The lowest BCUT2D eigenvalue weighted by Gasteiger charge is -2.32. The van der Waals surface area contributed by atoms with Crippen molar-refractivity contribution in [1.82, 2.24) is 9.80 Å². The van der Waals surface area contributed by atoms with E-state index in [0.717, 1.165) is 45.8 Å². The number of amides is 1. The lowest BCUT2D eigenvalue weighted by atomic mass is 10.3. The van der Waals surface area contributed by atoms with Crippen molar-refractivity contribution >= 4 is 5.91 Å². The zero-order valence-electron chi connectivity index (χ0n) is 11.3. The van der Waals surface area contributed by atoms with Crippen molar-refractivity contribution in [1.29, 1.82) is 0 Å². The van der Waals surface area contributed by atoms with Gasteiger partial charge in [0.1, 0.15) is 6.61 Å². The number of carbonyl (C=O) groups excluding carboxylic acids is 1. The molecule has 18 heavy (non-hydrogen) atoms. The molecule has 0 aromatic heterocycles. The molecule has 1 rings (SSSR count). The van der Waals surface area contributed by atoms with Crippen LogP contribution in [0.1, 0.15) is 6.42 Å². The van der Waals surface area contributed by atoms with Gasteiger partial charge in [0.2, 0.25) is 5.91 Å². The third-order valence-corrected chi connectivity index (χ3v) is 2.97. The van der Waals surface area contributed by atoms with Gasteiger partial charge in [0.05, 0.1) is 6.61 Å². The topological polar surface area (TPSA) is 68.0 Å². The van der Waals surface area contributed by atoms with E-state index in [1.807, 2.05) is 0 Å². The molecule has 0 aliphatic carbocycles. The van der Waals surface area contributed by atoms with Crippen LogP contribution in [-0.4, -0.2) is 81.9 Å². The molecule has 0 unspecified atom stereocenters. The van der Waals surface area contributed by atoms with Gasteiger partial charge in [-0.25, -0.2) is 0 Å². The second-order valence-electron chi connectivity index (χ2n) is 4.63. The summed E-state index contributed by atoms with van der Waals surface area (Å²) in [6, 6.07) is 0. The van der Waals surface area contributed by atoms with Gasteiger partial charge in [0.25, 0.3) is 0 Å². The molecular formula is C12H25N3O3. The van der Waals surface area contributed by atoms with Crippen LogP contribution in [-0.2, 0) is 14.3 Å². The van der Waals surface area contributed by atoms with Crippen molar-refractivity contribution in [2.75, 3.05) is 66.2 Å². The van der Waals surface area contributed by atoms with Gasteiger partial charge in [-0.2, -0.15) is 0 Å². The van der Waals surface area contributed by atoms with E-state index in [0.29, 0.717) is 13.2 Å². The summed E-state index contributed by atoms with van der Waals surface area (Å²) < 4.78 is 10.6. The molecule has 2 N–H and O–H groups in total. The minimum Gasteiger partial charge on any atom is -0.380 e. The first-order valence-electron chi connectivity index (χ1n) is 6.53. The van der Waals surface area contributed by atoms with E-state index in [-0.39, 0.29) is 6.61 Å². The highest BCUT2D eigenvalue weighted by Crippen LogP contribution is 1.98. The molecule has 0 saturated carbocycles. The second kappa shape index (κ2) is 9.27. The SMILES string of the molecule is CN1CCN(CCOCCCOCC(N)=O)CC1. The summed E-state index contributed by atoms with van der Waals surface area (Å²) in [6.45, 7) is 7.49. The molecule has 1 amide bonds. The van der Waals surface area contributed by atoms with Crippen LogP contribution in [0.5, 0.6) is 0 Å². The minimum atomic E-state index is -0.425. The highest BCUT2D eigenvalue weighted by molar-refractivity contribution is 5.74. The first-order valence-corrected chi connectivity index (χ1v) is 6.53. The van der Waals surface area contributed by atoms with Gasteiger partial charge in [0, 0.05) is 45.9 Å². The summed E-state index contributed by atoms with van der Waals surface area (Å²) in [5.74, 6) is -0.425. The number of likely N-dealkylation sites (N-methyl/N-ethyl adjacent to an activating group) is 1. The van der Waals surface area contributed by atoms with E-state index in [2.05, 4.69) is 16.8 Å². The Labute approximate surface area is 109 Å². The Balaban J connectivity index is 1.82. The number of hydrogen-bond donors (Lipinski definition) is 1. The predicted molar refractivity (Wildman–Crippen MR) is 69.4 cm³/mol. The molecule has 1 fully saturated rings. The third-order valence-electron chi connectivity index (χ3n) is 2.97. The maximum Gasteiger partial charge on any atom is 0.243 e. The minimum absolute atomic E-state index is 0.00129. The lowest BCUT2D eigenvalue weighted by Crippen LogP contribution is -2.45. The Bertz CT molecular complexity index is 231. The van der Waals surface area contributed by atoms with Crippen LogP contribution >= 0.6 is 0 Å². The Hall–Kier alpha value is -0.690. The quantitative estimate of drug-likeness (QED) is 0.546. The van der Waals surface area contributed by atoms with Gasteiger partial charge < -0.3 is 20.1 Å². The number of rotatable bonds is 9. The lowest BCUT2D eigenvalue weighted by molar-refractivity contribution is -0.122. The number of ether oxygens (including phenoxy) is 2. The van der Waals surface area contributed by atoms with Crippen molar-refractivity contribution in [3.05, 3.63) is 0 Å². The van der Waals surface area contributed by atoms with Crippen LogP contribution < -0.4 is 5.73 Å². The van der Waals surface area contributed by atoms with Crippen molar-refractivity contribution < 1.29 is 14.3 Å². The molecule has 106 valence electrons. The highest BCUT2D eigenvalue weighted by Gasteiger charge is 2.12. The standard InChI is InChI=1S/C12H25N3O3/c1-14-3-5-15(6-4-14)7-10-17-8-2-9-18-11-12(13)16/h2-11H2,1H3,(H2,13,16).